The summed E-state index contributed by atoms with van der Waals surface area (Å²) < 4.78 is 31.7. The van der Waals surface area contributed by atoms with E-state index < -0.39 is 12.1 Å². The molecule has 0 fully saturated rings. The van der Waals surface area contributed by atoms with E-state index in [9.17, 15) is 9.59 Å². The van der Waals surface area contributed by atoms with Crippen LogP contribution in [0.4, 0.5) is 0 Å². The fraction of sp³-hybridized carbons (Fsp3) is 0.273. The van der Waals surface area contributed by atoms with Crippen LogP contribution in [0.25, 0.3) is 11.0 Å². The van der Waals surface area contributed by atoms with Gasteiger partial charge in [0.25, 0.3) is 0 Å². The molecule has 30 heavy (non-hydrogen) atoms. The number of benzene rings is 2. The van der Waals surface area contributed by atoms with Gasteiger partial charge in [-0.1, -0.05) is 0 Å². The summed E-state index contributed by atoms with van der Waals surface area (Å²) in [6, 6.07) is 11.5. The molecule has 3 aromatic rings. The second kappa shape index (κ2) is 9.80. The van der Waals surface area contributed by atoms with Gasteiger partial charge < -0.3 is 28.1 Å². The maximum absolute atomic E-state index is 12.7. The molecular weight excluding hydrogens is 392 g/mol. The van der Waals surface area contributed by atoms with Crippen molar-refractivity contribution in [3.05, 3.63) is 59.0 Å². The van der Waals surface area contributed by atoms with Gasteiger partial charge in [-0.15, -0.1) is 0 Å². The molecular formula is C22H22O8. The fourth-order valence-corrected chi connectivity index (χ4v) is 2.60. The minimum Gasteiger partial charge on any atom is -0.497 e. The van der Waals surface area contributed by atoms with Crippen molar-refractivity contribution >= 4 is 16.9 Å². The molecule has 8 heteroatoms. The number of carbonyl (C=O) groups is 1. The predicted octanol–water partition coefficient (Wildman–Crippen LogP) is 3.55. The molecule has 0 aliphatic rings. The number of hydrogen-bond acceptors (Lipinski definition) is 8. The molecule has 0 radical (unpaired) electrons. The number of carbonyl (C=O) groups excluding carboxylic acids is 1. The minimum absolute atomic E-state index is 0.0522. The predicted molar refractivity (Wildman–Crippen MR) is 108 cm³/mol. The van der Waals surface area contributed by atoms with Crippen molar-refractivity contribution in [2.24, 2.45) is 0 Å². The summed E-state index contributed by atoms with van der Waals surface area (Å²) in [5.41, 5.74) is -0.0230. The molecule has 3 rings (SSSR count). The Hall–Kier alpha value is -3.52. The van der Waals surface area contributed by atoms with Crippen LogP contribution in [0.15, 0.2) is 57.9 Å². The van der Waals surface area contributed by atoms with Gasteiger partial charge in [-0.2, -0.15) is 0 Å². The quantitative estimate of drug-likeness (QED) is 0.388. The highest BCUT2D eigenvalue weighted by molar-refractivity contribution is 5.79. The van der Waals surface area contributed by atoms with Crippen molar-refractivity contribution in [1.29, 1.82) is 0 Å². The molecule has 0 amide bonds. The molecule has 1 heterocycles. The summed E-state index contributed by atoms with van der Waals surface area (Å²) in [7, 11) is 3.08. The lowest BCUT2D eigenvalue weighted by Gasteiger charge is -2.14. The van der Waals surface area contributed by atoms with E-state index in [4.69, 9.17) is 28.1 Å². The van der Waals surface area contributed by atoms with Crippen LogP contribution in [0, 0.1) is 0 Å². The molecule has 8 nitrogen and oxygen atoms in total. The molecule has 0 N–H and O–H groups in total. The highest BCUT2D eigenvalue weighted by atomic mass is 16.6. The Bertz CT molecular complexity index is 1050. The van der Waals surface area contributed by atoms with Crippen LogP contribution in [0.1, 0.15) is 6.92 Å². The number of hydrogen-bond donors (Lipinski definition) is 0. The molecule has 1 atom stereocenters. The minimum atomic E-state index is -0.830. The number of esters is 1. The summed E-state index contributed by atoms with van der Waals surface area (Å²) in [4.78, 5) is 24.6. The molecule has 1 unspecified atom stereocenters. The standard InChI is InChI=1S/C22H22O8/c1-14(22(24)27-11-10-25-2)29-17-8-9-18-19(12-17)28-13-20(21(18)23)30-16-6-4-15(26-3)5-7-16/h4-9,12-14H,10-11H2,1-3H3. The van der Waals surface area contributed by atoms with Crippen LogP contribution < -0.4 is 19.6 Å². The maximum atomic E-state index is 12.7. The Morgan fingerprint density at radius 1 is 1.00 bits per heavy atom. The highest BCUT2D eigenvalue weighted by Gasteiger charge is 2.17. The lowest BCUT2D eigenvalue weighted by molar-refractivity contribution is -0.152. The van der Waals surface area contributed by atoms with Gasteiger partial charge in [0.05, 0.1) is 19.1 Å². The van der Waals surface area contributed by atoms with Gasteiger partial charge in [-0.05, 0) is 43.3 Å². The first kappa shape index (κ1) is 21.2. The highest BCUT2D eigenvalue weighted by Crippen LogP contribution is 2.25. The van der Waals surface area contributed by atoms with Gasteiger partial charge in [-0.3, -0.25) is 4.79 Å². The van der Waals surface area contributed by atoms with Crippen molar-refractivity contribution < 1.29 is 32.9 Å². The van der Waals surface area contributed by atoms with Crippen LogP contribution in [0.3, 0.4) is 0 Å². The second-order valence-electron chi connectivity index (χ2n) is 6.29. The first-order valence-corrected chi connectivity index (χ1v) is 9.21. The lowest BCUT2D eigenvalue weighted by atomic mass is 10.2. The molecule has 0 bridgehead atoms. The van der Waals surface area contributed by atoms with E-state index in [0.717, 1.165) is 0 Å². The molecule has 2 aromatic carbocycles. The number of fused-ring (bicyclic) bond motifs is 1. The van der Waals surface area contributed by atoms with Crippen molar-refractivity contribution in [2.45, 2.75) is 13.0 Å². The Kier molecular flexibility index (Phi) is 6.92. The third-order valence-corrected chi connectivity index (χ3v) is 4.18. The summed E-state index contributed by atoms with van der Waals surface area (Å²) in [6.07, 6.45) is 0.407. The van der Waals surface area contributed by atoms with Gasteiger partial charge in [0.15, 0.2) is 6.10 Å². The van der Waals surface area contributed by atoms with E-state index >= 15 is 0 Å². The number of methoxy groups -OCH3 is 2. The average molecular weight is 414 g/mol. The maximum Gasteiger partial charge on any atom is 0.347 e. The summed E-state index contributed by atoms with van der Waals surface area (Å²) >= 11 is 0. The number of ether oxygens (including phenoxy) is 5. The molecule has 0 saturated heterocycles. The van der Waals surface area contributed by atoms with E-state index in [1.807, 2.05) is 0 Å². The molecule has 158 valence electrons. The van der Waals surface area contributed by atoms with E-state index in [1.54, 1.807) is 50.4 Å². The van der Waals surface area contributed by atoms with Crippen LogP contribution >= 0.6 is 0 Å². The topological polar surface area (TPSA) is 93.4 Å². The third kappa shape index (κ3) is 5.09. The largest absolute Gasteiger partial charge is 0.497 e. The van der Waals surface area contributed by atoms with Crippen molar-refractivity contribution in [1.82, 2.24) is 0 Å². The third-order valence-electron chi connectivity index (χ3n) is 4.18. The zero-order valence-electron chi connectivity index (χ0n) is 16.9. The summed E-state index contributed by atoms with van der Waals surface area (Å²) in [5, 5.41) is 0.323. The average Bonchev–Trinajstić information content (AvgIpc) is 2.76. The van der Waals surface area contributed by atoms with Gasteiger partial charge in [0.1, 0.15) is 35.7 Å². The Morgan fingerprint density at radius 2 is 1.70 bits per heavy atom. The van der Waals surface area contributed by atoms with Crippen molar-refractivity contribution in [3.63, 3.8) is 0 Å². The Morgan fingerprint density at radius 3 is 2.40 bits per heavy atom. The van der Waals surface area contributed by atoms with Crippen molar-refractivity contribution in [2.75, 3.05) is 27.4 Å². The van der Waals surface area contributed by atoms with E-state index in [2.05, 4.69) is 0 Å². The first-order chi connectivity index (χ1) is 14.5. The van der Waals surface area contributed by atoms with E-state index in [-0.39, 0.29) is 17.8 Å². The van der Waals surface area contributed by atoms with Gasteiger partial charge in [0, 0.05) is 13.2 Å². The smallest absolute Gasteiger partial charge is 0.347 e. The Labute approximate surface area is 172 Å². The first-order valence-electron chi connectivity index (χ1n) is 9.21. The summed E-state index contributed by atoms with van der Waals surface area (Å²) in [5.74, 6) is 1.05. The molecule has 1 aromatic heterocycles. The van der Waals surface area contributed by atoms with E-state index in [0.29, 0.717) is 34.8 Å². The van der Waals surface area contributed by atoms with Crippen LogP contribution in [0.5, 0.6) is 23.0 Å². The van der Waals surface area contributed by atoms with Crippen LogP contribution in [-0.2, 0) is 14.3 Å². The molecule has 0 aliphatic carbocycles. The zero-order chi connectivity index (χ0) is 21.5. The van der Waals surface area contributed by atoms with Gasteiger partial charge in [-0.25, -0.2) is 4.79 Å². The van der Waals surface area contributed by atoms with Crippen LogP contribution in [0.2, 0.25) is 0 Å². The molecule has 0 aliphatic heterocycles. The summed E-state index contributed by atoms with van der Waals surface area (Å²) in [6.45, 7) is 2.02. The molecule has 0 saturated carbocycles. The van der Waals surface area contributed by atoms with Gasteiger partial charge >= 0.3 is 5.97 Å². The van der Waals surface area contributed by atoms with Crippen LogP contribution in [-0.4, -0.2) is 39.5 Å². The second-order valence-corrected chi connectivity index (χ2v) is 6.29. The SMILES string of the molecule is COCCOC(=O)C(C)Oc1ccc2c(=O)c(Oc3ccc(OC)cc3)coc2c1. The van der Waals surface area contributed by atoms with Gasteiger partial charge in [0.2, 0.25) is 11.2 Å². The monoisotopic (exact) mass is 414 g/mol. The van der Waals surface area contributed by atoms with Crippen molar-refractivity contribution in [3.8, 4) is 23.0 Å². The number of rotatable bonds is 9. The van der Waals surface area contributed by atoms with E-state index in [1.165, 1.54) is 19.4 Å². The zero-order valence-corrected chi connectivity index (χ0v) is 16.9. The molecule has 0 spiro atoms. The lowest BCUT2D eigenvalue weighted by Crippen LogP contribution is -2.27. The fourth-order valence-electron chi connectivity index (χ4n) is 2.60. The Balaban J connectivity index is 1.73. The normalized spacial score (nSPS) is 11.7.